The van der Waals surface area contributed by atoms with E-state index < -0.39 is 0 Å². The van der Waals surface area contributed by atoms with Gasteiger partial charge < -0.3 is 10.2 Å². The van der Waals surface area contributed by atoms with E-state index in [0.29, 0.717) is 22.9 Å². The maximum Gasteiger partial charge on any atom is 0.258 e. The standard InChI is InChI=1S/C20H16ClN5O/c1-26(20(27)15-8-10-23-11-9-15)16-4-2-14(3-5-16)13-24-19-7-6-17(21)18(12-22)25-19/h2-11H,13H2,1H3,(H,24,25). The number of nitrogens with zero attached hydrogens (tertiary/aromatic N) is 4. The van der Waals surface area contributed by atoms with Gasteiger partial charge in [0.25, 0.3) is 5.91 Å². The zero-order chi connectivity index (χ0) is 19.2. The van der Waals surface area contributed by atoms with E-state index in [-0.39, 0.29) is 11.6 Å². The Morgan fingerprint density at radius 2 is 1.85 bits per heavy atom. The number of nitriles is 1. The number of rotatable bonds is 5. The number of hydrogen-bond donors (Lipinski definition) is 1. The molecule has 7 heteroatoms. The molecule has 0 spiro atoms. The van der Waals surface area contributed by atoms with Gasteiger partial charge in [0.1, 0.15) is 11.9 Å². The van der Waals surface area contributed by atoms with Gasteiger partial charge in [0.05, 0.1) is 5.02 Å². The first-order valence-electron chi connectivity index (χ1n) is 8.16. The van der Waals surface area contributed by atoms with Crippen LogP contribution in [0.4, 0.5) is 11.5 Å². The third kappa shape index (κ3) is 4.40. The van der Waals surface area contributed by atoms with Crippen LogP contribution >= 0.6 is 11.6 Å². The van der Waals surface area contributed by atoms with Crippen molar-refractivity contribution in [2.75, 3.05) is 17.3 Å². The van der Waals surface area contributed by atoms with Gasteiger partial charge in [0.2, 0.25) is 0 Å². The SMILES string of the molecule is CN(C(=O)c1ccncc1)c1ccc(CNc2ccc(Cl)c(C#N)n2)cc1. The first kappa shape index (κ1) is 18.4. The van der Waals surface area contributed by atoms with Crippen molar-refractivity contribution in [3.05, 3.63) is 82.8 Å². The molecule has 0 aliphatic carbocycles. The quantitative estimate of drug-likeness (QED) is 0.729. The highest BCUT2D eigenvalue weighted by Crippen LogP contribution is 2.19. The van der Waals surface area contributed by atoms with Crippen molar-refractivity contribution < 1.29 is 4.79 Å². The molecular formula is C20H16ClN5O. The van der Waals surface area contributed by atoms with E-state index in [4.69, 9.17) is 16.9 Å². The summed E-state index contributed by atoms with van der Waals surface area (Å²) in [6, 6.07) is 16.3. The summed E-state index contributed by atoms with van der Waals surface area (Å²) in [5.41, 5.74) is 2.57. The molecule has 0 radical (unpaired) electrons. The zero-order valence-electron chi connectivity index (χ0n) is 14.6. The van der Waals surface area contributed by atoms with Crippen LogP contribution in [0.1, 0.15) is 21.6 Å². The van der Waals surface area contributed by atoms with Gasteiger partial charge in [-0.25, -0.2) is 4.98 Å². The van der Waals surface area contributed by atoms with Crippen LogP contribution in [0.15, 0.2) is 60.9 Å². The summed E-state index contributed by atoms with van der Waals surface area (Å²) in [6.45, 7) is 0.530. The Labute approximate surface area is 162 Å². The fraction of sp³-hybridized carbons (Fsp3) is 0.100. The van der Waals surface area contributed by atoms with E-state index >= 15 is 0 Å². The Balaban J connectivity index is 1.65. The van der Waals surface area contributed by atoms with Crippen molar-refractivity contribution in [3.8, 4) is 6.07 Å². The van der Waals surface area contributed by atoms with Crippen LogP contribution < -0.4 is 10.2 Å². The molecule has 27 heavy (non-hydrogen) atoms. The summed E-state index contributed by atoms with van der Waals surface area (Å²) < 4.78 is 0. The molecule has 0 unspecified atom stereocenters. The Hall–Kier alpha value is -3.43. The molecule has 6 nitrogen and oxygen atoms in total. The molecule has 0 aliphatic rings. The normalized spacial score (nSPS) is 10.1. The number of carbonyl (C=O) groups is 1. The minimum Gasteiger partial charge on any atom is -0.366 e. The number of carbonyl (C=O) groups excluding carboxylic acids is 1. The van der Waals surface area contributed by atoms with Gasteiger partial charge in [-0.05, 0) is 42.0 Å². The fourth-order valence-corrected chi connectivity index (χ4v) is 2.60. The van der Waals surface area contributed by atoms with Crippen molar-refractivity contribution in [1.82, 2.24) is 9.97 Å². The summed E-state index contributed by atoms with van der Waals surface area (Å²) in [5, 5.41) is 12.5. The van der Waals surface area contributed by atoms with Crippen LogP contribution in [0, 0.1) is 11.3 Å². The second-order valence-electron chi connectivity index (χ2n) is 5.76. The Morgan fingerprint density at radius 3 is 2.52 bits per heavy atom. The number of benzene rings is 1. The van der Waals surface area contributed by atoms with Gasteiger partial charge in [-0.2, -0.15) is 5.26 Å². The largest absolute Gasteiger partial charge is 0.366 e. The summed E-state index contributed by atoms with van der Waals surface area (Å²) in [4.78, 5) is 22.1. The number of nitrogens with one attached hydrogen (secondary N) is 1. The van der Waals surface area contributed by atoms with Crippen LogP contribution in [0.3, 0.4) is 0 Å². The van der Waals surface area contributed by atoms with Crippen molar-refractivity contribution in [1.29, 1.82) is 5.26 Å². The van der Waals surface area contributed by atoms with Crippen LogP contribution in [0.5, 0.6) is 0 Å². The van der Waals surface area contributed by atoms with Gasteiger partial charge in [-0.1, -0.05) is 23.7 Å². The summed E-state index contributed by atoms with van der Waals surface area (Å²) in [5.74, 6) is 0.475. The zero-order valence-corrected chi connectivity index (χ0v) is 15.3. The number of anilines is 2. The number of halogens is 1. The maximum atomic E-state index is 12.5. The van der Waals surface area contributed by atoms with Crippen LogP contribution in [-0.4, -0.2) is 22.9 Å². The van der Waals surface area contributed by atoms with Crippen LogP contribution in [0.25, 0.3) is 0 Å². The molecule has 0 bridgehead atoms. The highest BCUT2D eigenvalue weighted by atomic mass is 35.5. The third-order valence-electron chi connectivity index (χ3n) is 3.98. The predicted molar refractivity (Wildman–Crippen MR) is 105 cm³/mol. The monoisotopic (exact) mass is 377 g/mol. The summed E-state index contributed by atoms with van der Waals surface area (Å²) in [6.07, 6.45) is 3.19. The van der Waals surface area contributed by atoms with Crippen molar-refractivity contribution in [2.45, 2.75) is 6.54 Å². The predicted octanol–water partition coefficient (Wildman–Crippen LogP) is 3.89. The molecule has 0 saturated carbocycles. The molecule has 1 N–H and O–H groups in total. The molecule has 3 rings (SSSR count). The molecule has 3 aromatic rings. The lowest BCUT2D eigenvalue weighted by Crippen LogP contribution is -2.26. The van der Waals surface area contributed by atoms with Gasteiger partial charge in [0.15, 0.2) is 5.69 Å². The molecular weight excluding hydrogens is 362 g/mol. The minimum atomic E-state index is -0.0994. The van der Waals surface area contributed by atoms with E-state index in [9.17, 15) is 4.79 Å². The number of amides is 1. The smallest absolute Gasteiger partial charge is 0.258 e. The lowest BCUT2D eigenvalue weighted by atomic mass is 10.1. The molecule has 1 aromatic carbocycles. The Kier molecular flexibility index (Phi) is 5.64. The molecule has 2 heterocycles. The summed E-state index contributed by atoms with van der Waals surface area (Å²) >= 11 is 5.88. The highest BCUT2D eigenvalue weighted by Gasteiger charge is 2.13. The van der Waals surface area contributed by atoms with Gasteiger partial charge in [-0.15, -0.1) is 0 Å². The minimum absolute atomic E-state index is 0.0994. The number of pyridine rings is 2. The number of aromatic nitrogens is 2. The van der Waals surface area contributed by atoms with E-state index in [1.807, 2.05) is 30.3 Å². The van der Waals surface area contributed by atoms with E-state index in [1.165, 1.54) is 0 Å². The average Bonchev–Trinajstić information content (AvgIpc) is 2.73. The third-order valence-corrected chi connectivity index (χ3v) is 4.29. The molecule has 0 saturated heterocycles. The molecule has 134 valence electrons. The van der Waals surface area contributed by atoms with Crippen LogP contribution in [0.2, 0.25) is 5.02 Å². The fourth-order valence-electron chi connectivity index (χ4n) is 2.45. The Bertz CT molecular complexity index is 984. The number of hydrogen-bond acceptors (Lipinski definition) is 5. The topological polar surface area (TPSA) is 81.9 Å². The van der Waals surface area contributed by atoms with Crippen molar-refractivity contribution >= 4 is 29.0 Å². The van der Waals surface area contributed by atoms with Crippen molar-refractivity contribution in [2.24, 2.45) is 0 Å². The van der Waals surface area contributed by atoms with Gasteiger partial charge in [0, 0.05) is 37.2 Å². The van der Waals surface area contributed by atoms with E-state index in [2.05, 4.69) is 15.3 Å². The summed E-state index contributed by atoms with van der Waals surface area (Å²) in [7, 11) is 1.73. The second kappa shape index (κ2) is 8.30. The highest BCUT2D eigenvalue weighted by molar-refractivity contribution is 6.31. The molecule has 0 aliphatic heterocycles. The van der Waals surface area contributed by atoms with E-state index in [1.54, 1.807) is 48.6 Å². The average molecular weight is 378 g/mol. The van der Waals surface area contributed by atoms with Gasteiger partial charge >= 0.3 is 0 Å². The molecule has 2 aromatic heterocycles. The molecule has 1 amide bonds. The molecule has 0 fully saturated rings. The second-order valence-corrected chi connectivity index (χ2v) is 6.17. The Morgan fingerprint density at radius 1 is 1.15 bits per heavy atom. The van der Waals surface area contributed by atoms with E-state index in [0.717, 1.165) is 11.3 Å². The van der Waals surface area contributed by atoms with Crippen LogP contribution in [-0.2, 0) is 6.54 Å². The van der Waals surface area contributed by atoms with Crippen molar-refractivity contribution in [3.63, 3.8) is 0 Å². The van der Waals surface area contributed by atoms with Gasteiger partial charge in [-0.3, -0.25) is 9.78 Å². The lowest BCUT2D eigenvalue weighted by molar-refractivity contribution is 0.0993. The molecule has 0 atom stereocenters. The lowest BCUT2D eigenvalue weighted by Gasteiger charge is -2.18. The maximum absolute atomic E-state index is 12.5. The first-order chi connectivity index (χ1) is 13.1. The first-order valence-corrected chi connectivity index (χ1v) is 8.54.